The van der Waals surface area contributed by atoms with E-state index < -0.39 is 0 Å². The largest absolute Gasteiger partial charge is 0.383 e. The van der Waals surface area contributed by atoms with Crippen LogP contribution >= 0.6 is 11.6 Å². The SMILES string of the molecule is C=CC(C/C=C\C)C(N=C(N)c1ccccc1)=NCc1cccc(-c2ccc(Cl)cc2)c1. The van der Waals surface area contributed by atoms with Crippen LogP contribution in [-0.4, -0.2) is 11.7 Å². The van der Waals surface area contributed by atoms with Crippen molar-refractivity contribution in [1.29, 1.82) is 0 Å². The molecule has 0 heterocycles. The summed E-state index contributed by atoms with van der Waals surface area (Å²) in [5.41, 5.74) is 10.5. The van der Waals surface area contributed by atoms with Crippen LogP contribution in [0.2, 0.25) is 5.02 Å². The van der Waals surface area contributed by atoms with Gasteiger partial charge in [0.25, 0.3) is 0 Å². The minimum absolute atomic E-state index is 0.0205. The summed E-state index contributed by atoms with van der Waals surface area (Å²) in [4.78, 5) is 9.56. The molecule has 3 aromatic rings. The summed E-state index contributed by atoms with van der Waals surface area (Å²) in [7, 11) is 0. The molecule has 1 unspecified atom stereocenters. The molecule has 0 saturated heterocycles. The number of aliphatic imine (C=N–C) groups is 2. The fourth-order valence-electron chi connectivity index (χ4n) is 3.29. The molecule has 0 aliphatic carbocycles. The predicted octanol–water partition coefficient (Wildman–Crippen LogP) is 7.08. The van der Waals surface area contributed by atoms with Crippen LogP contribution in [0.25, 0.3) is 11.1 Å². The Hall–Kier alpha value is -3.43. The third-order valence-corrected chi connectivity index (χ3v) is 5.33. The fraction of sp³-hybridized carbons (Fsp3) is 0.143. The van der Waals surface area contributed by atoms with Crippen molar-refractivity contribution in [3.05, 3.63) is 120 Å². The highest BCUT2D eigenvalue weighted by Crippen LogP contribution is 2.23. The van der Waals surface area contributed by atoms with Gasteiger partial charge in [0.1, 0.15) is 11.7 Å². The molecule has 4 heteroatoms. The van der Waals surface area contributed by atoms with Crippen molar-refractivity contribution in [2.45, 2.75) is 19.9 Å². The molecule has 2 N–H and O–H groups in total. The summed E-state index contributed by atoms with van der Waals surface area (Å²) in [6.07, 6.45) is 6.77. The first-order valence-corrected chi connectivity index (χ1v) is 11.0. The van der Waals surface area contributed by atoms with Crippen LogP contribution in [-0.2, 0) is 6.54 Å². The quantitative estimate of drug-likeness (QED) is 0.226. The van der Waals surface area contributed by atoms with Gasteiger partial charge in [0, 0.05) is 16.5 Å². The standard InChI is InChI=1S/C28H28ClN3/c1-3-5-11-22(4-2)28(32-27(30)24-12-7-6-8-13-24)31-20-21-10-9-14-25(19-21)23-15-17-26(29)18-16-23/h3-10,12-19,22H,2,11,20H2,1H3,(H2,30,31,32)/b5-3-. The maximum atomic E-state index is 6.30. The molecular formula is C28H28ClN3. The number of halogens is 1. The number of rotatable bonds is 8. The Bertz CT molecular complexity index is 1110. The summed E-state index contributed by atoms with van der Waals surface area (Å²) in [6, 6.07) is 25.9. The first kappa shape index (κ1) is 23.2. The van der Waals surface area contributed by atoms with E-state index in [9.17, 15) is 0 Å². The zero-order valence-electron chi connectivity index (χ0n) is 18.3. The van der Waals surface area contributed by atoms with E-state index in [1.54, 1.807) is 0 Å². The molecule has 0 aromatic heterocycles. The number of nitrogens with zero attached hydrogens (tertiary/aromatic N) is 2. The van der Waals surface area contributed by atoms with E-state index in [4.69, 9.17) is 27.3 Å². The monoisotopic (exact) mass is 441 g/mol. The van der Waals surface area contributed by atoms with Crippen molar-refractivity contribution in [3.63, 3.8) is 0 Å². The molecule has 3 rings (SSSR count). The van der Waals surface area contributed by atoms with Crippen LogP contribution < -0.4 is 5.73 Å². The molecule has 1 atom stereocenters. The molecule has 0 spiro atoms. The van der Waals surface area contributed by atoms with Crippen LogP contribution in [0.3, 0.4) is 0 Å². The zero-order valence-corrected chi connectivity index (χ0v) is 19.0. The molecule has 162 valence electrons. The lowest BCUT2D eigenvalue weighted by Crippen LogP contribution is -2.19. The highest BCUT2D eigenvalue weighted by molar-refractivity contribution is 6.30. The van der Waals surface area contributed by atoms with Gasteiger partial charge in [-0.2, -0.15) is 0 Å². The number of benzene rings is 3. The van der Waals surface area contributed by atoms with Gasteiger partial charge in [-0.15, -0.1) is 6.58 Å². The maximum Gasteiger partial charge on any atom is 0.133 e. The number of hydrogen-bond acceptors (Lipinski definition) is 1. The lowest BCUT2D eigenvalue weighted by molar-refractivity contribution is 0.854. The fourth-order valence-corrected chi connectivity index (χ4v) is 3.41. The van der Waals surface area contributed by atoms with Gasteiger partial charge in [-0.25, -0.2) is 4.99 Å². The van der Waals surface area contributed by atoms with Gasteiger partial charge in [0.2, 0.25) is 0 Å². The number of allylic oxidation sites excluding steroid dienone is 2. The van der Waals surface area contributed by atoms with E-state index in [0.717, 1.165) is 33.7 Å². The van der Waals surface area contributed by atoms with Gasteiger partial charge in [-0.05, 0) is 48.2 Å². The number of nitrogens with two attached hydrogens (primary N) is 1. The predicted molar refractivity (Wildman–Crippen MR) is 138 cm³/mol. The highest BCUT2D eigenvalue weighted by Gasteiger charge is 2.12. The van der Waals surface area contributed by atoms with Crippen molar-refractivity contribution in [1.82, 2.24) is 0 Å². The van der Waals surface area contributed by atoms with Gasteiger partial charge < -0.3 is 5.73 Å². The Balaban J connectivity index is 1.91. The smallest absolute Gasteiger partial charge is 0.133 e. The summed E-state index contributed by atoms with van der Waals surface area (Å²) in [5, 5.41) is 0.726. The first-order chi connectivity index (χ1) is 15.6. The molecule has 0 bridgehead atoms. The zero-order chi connectivity index (χ0) is 22.8. The molecule has 0 fully saturated rings. The number of amidine groups is 2. The molecule has 0 aliphatic rings. The lowest BCUT2D eigenvalue weighted by Gasteiger charge is -2.12. The second-order valence-electron chi connectivity index (χ2n) is 7.39. The molecule has 0 amide bonds. The van der Waals surface area contributed by atoms with Crippen molar-refractivity contribution in [2.75, 3.05) is 0 Å². The number of hydrogen-bond donors (Lipinski definition) is 1. The summed E-state index contributed by atoms with van der Waals surface area (Å²) in [5.74, 6) is 1.11. The Morgan fingerprint density at radius 1 is 1.00 bits per heavy atom. The molecule has 3 aromatic carbocycles. The third-order valence-electron chi connectivity index (χ3n) is 5.07. The Kier molecular flexibility index (Phi) is 8.59. The first-order valence-electron chi connectivity index (χ1n) is 10.6. The summed E-state index contributed by atoms with van der Waals surface area (Å²) >= 11 is 6.03. The van der Waals surface area contributed by atoms with Crippen LogP contribution in [0.4, 0.5) is 0 Å². The highest BCUT2D eigenvalue weighted by atomic mass is 35.5. The normalized spacial score (nSPS) is 13.3. The average molecular weight is 442 g/mol. The Labute approximate surface area is 195 Å². The second kappa shape index (κ2) is 11.8. The van der Waals surface area contributed by atoms with E-state index >= 15 is 0 Å². The third kappa shape index (κ3) is 6.53. The van der Waals surface area contributed by atoms with E-state index in [1.165, 1.54) is 0 Å². The molecule has 0 aliphatic heterocycles. The average Bonchev–Trinajstić information content (AvgIpc) is 2.84. The Morgan fingerprint density at radius 2 is 1.75 bits per heavy atom. The van der Waals surface area contributed by atoms with Gasteiger partial charge >= 0.3 is 0 Å². The van der Waals surface area contributed by atoms with Gasteiger partial charge in [-0.3, -0.25) is 4.99 Å². The Morgan fingerprint density at radius 3 is 2.44 bits per heavy atom. The van der Waals surface area contributed by atoms with Crippen molar-refractivity contribution < 1.29 is 0 Å². The molecule has 0 saturated carbocycles. The van der Waals surface area contributed by atoms with E-state index in [1.807, 2.05) is 79.7 Å². The van der Waals surface area contributed by atoms with Gasteiger partial charge in [0.15, 0.2) is 0 Å². The van der Waals surface area contributed by atoms with Crippen molar-refractivity contribution >= 4 is 23.3 Å². The summed E-state index contributed by atoms with van der Waals surface area (Å²) in [6.45, 7) is 6.50. The van der Waals surface area contributed by atoms with E-state index in [-0.39, 0.29) is 5.92 Å². The molecule has 32 heavy (non-hydrogen) atoms. The van der Waals surface area contributed by atoms with Crippen LogP contribution in [0.1, 0.15) is 24.5 Å². The lowest BCUT2D eigenvalue weighted by atomic mass is 10.0. The van der Waals surface area contributed by atoms with E-state index in [2.05, 4.69) is 30.9 Å². The molecule has 3 nitrogen and oxygen atoms in total. The summed E-state index contributed by atoms with van der Waals surface area (Å²) < 4.78 is 0. The van der Waals surface area contributed by atoms with E-state index in [0.29, 0.717) is 18.2 Å². The minimum Gasteiger partial charge on any atom is -0.383 e. The van der Waals surface area contributed by atoms with Crippen molar-refractivity contribution in [2.24, 2.45) is 21.6 Å². The maximum absolute atomic E-state index is 6.30. The second-order valence-corrected chi connectivity index (χ2v) is 7.83. The van der Waals surface area contributed by atoms with Crippen LogP contribution in [0.15, 0.2) is 114 Å². The molecular weight excluding hydrogens is 414 g/mol. The molecule has 0 radical (unpaired) electrons. The van der Waals surface area contributed by atoms with Crippen molar-refractivity contribution in [3.8, 4) is 11.1 Å². The van der Waals surface area contributed by atoms with Gasteiger partial charge in [-0.1, -0.05) is 90.5 Å². The minimum atomic E-state index is -0.0205. The van der Waals surface area contributed by atoms with Crippen LogP contribution in [0.5, 0.6) is 0 Å². The topological polar surface area (TPSA) is 50.7 Å². The van der Waals surface area contributed by atoms with Gasteiger partial charge in [0.05, 0.1) is 6.54 Å². The van der Waals surface area contributed by atoms with Crippen LogP contribution in [0, 0.1) is 5.92 Å².